The van der Waals surface area contributed by atoms with Crippen LogP contribution in [0.3, 0.4) is 0 Å². The lowest BCUT2D eigenvalue weighted by Crippen LogP contribution is -2.25. The zero-order chi connectivity index (χ0) is 15.1. The Morgan fingerprint density at radius 3 is 2.52 bits per heavy atom. The van der Waals surface area contributed by atoms with Crippen molar-refractivity contribution in [3.8, 4) is 0 Å². The number of carbonyl (C=O) groups is 1. The Kier molecular flexibility index (Phi) is 6.43. The topological polar surface area (TPSA) is 29.1 Å². The van der Waals surface area contributed by atoms with Gasteiger partial charge in [0.15, 0.2) is 0 Å². The molecule has 2 aromatic rings. The molecule has 0 aliphatic rings. The Balaban J connectivity index is 1.68. The van der Waals surface area contributed by atoms with Gasteiger partial charge in [-0.05, 0) is 29.8 Å². The number of rotatable bonds is 6. The summed E-state index contributed by atoms with van der Waals surface area (Å²) in [5, 5.41) is 4.04. The molecule has 0 saturated heterocycles. The van der Waals surface area contributed by atoms with E-state index < -0.39 is 0 Å². The number of thioether (sulfide) groups is 1. The fraction of sp³-hybridized carbons (Fsp3) is 0.188. The highest BCUT2D eigenvalue weighted by Gasteiger charge is 2.03. The van der Waals surface area contributed by atoms with Gasteiger partial charge in [-0.3, -0.25) is 4.79 Å². The Morgan fingerprint density at radius 2 is 1.81 bits per heavy atom. The maximum atomic E-state index is 11.8. The van der Waals surface area contributed by atoms with Crippen molar-refractivity contribution >= 4 is 40.9 Å². The van der Waals surface area contributed by atoms with Crippen molar-refractivity contribution in [1.29, 1.82) is 0 Å². The second-order valence-corrected chi connectivity index (χ2v) is 6.34. The van der Waals surface area contributed by atoms with E-state index in [4.69, 9.17) is 23.2 Å². The Morgan fingerprint density at radius 1 is 1.05 bits per heavy atom. The Labute approximate surface area is 138 Å². The third kappa shape index (κ3) is 5.27. The molecule has 0 radical (unpaired) electrons. The van der Waals surface area contributed by atoms with Gasteiger partial charge < -0.3 is 5.32 Å². The summed E-state index contributed by atoms with van der Waals surface area (Å²) in [6.07, 6.45) is 0. The molecular weight excluding hydrogens is 325 g/mol. The second kappa shape index (κ2) is 8.32. The zero-order valence-corrected chi connectivity index (χ0v) is 13.6. The third-order valence-corrected chi connectivity index (χ3v) is 4.59. The Bertz CT molecular complexity index is 604. The molecule has 5 heteroatoms. The van der Waals surface area contributed by atoms with Gasteiger partial charge in [0.25, 0.3) is 5.91 Å². The Hall–Kier alpha value is -1.16. The van der Waals surface area contributed by atoms with E-state index in [1.807, 2.05) is 30.3 Å². The molecule has 0 unspecified atom stereocenters. The summed E-state index contributed by atoms with van der Waals surface area (Å²) >= 11 is 13.6. The monoisotopic (exact) mass is 339 g/mol. The van der Waals surface area contributed by atoms with Crippen LogP contribution in [0, 0.1) is 0 Å². The molecule has 1 amide bonds. The van der Waals surface area contributed by atoms with Crippen LogP contribution in [-0.2, 0) is 5.75 Å². The number of hydrogen-bond donors (Lipinski definition) is 1. The van der Waals surface area contributed by atoms with Crippen molar-refractivity contribution in [2.75, 3.05) is 12.3 Å². The minimum Gasteiger partial charge on any atom is -0.351 e. The van der Waals surface area contributed by atoms with Crippen molar-refractivity contribution in [3.05, 3.63) is 69.7 Å². The highest BCUT2D eigenvalue weighted by atomic mass is 35.5. The van der Waals surface area contributed by atoms with Gasteiger partial charge in [0.2, 0.25) is 0 Å². The second-order valence-electron chi connectivity index (χ2n) is 4.42. The van der Waals surface area contributed by atoms with Crippen molar-refractivity contribution in [2.24, 2.45) is 0 Å². The van der Waals surface area contributed by atoms with E-state index in [0.29, 0.717) is 22.2 Å². The van der Waals surface area contributed by atoms with E-state index in [2.05, 4.69) is 5.32 Å². The number of hydrogen-bond acceptors (Lipinski definition) is 2. The average Bonchev–Trinajstić information content (AvgIpc) is 2.51. The van der Waals surface area contributed by atoms with Crippen LogP contribution in [-0.4, -0.2) is 18.2 Å². The van der Waals surface area contributed by atoms with Crippen LogP contribution < -0.4 is 5.32 Å². The van der Waals surface area contributed by atoms with E-state index in [9.17, 15) is 4.79 Å². The molecule has 0 aliphatic heterocycles. The highest BCUT2D eigenvalue weighted by molar-refractivity contribution is 7.98. The molecule has 0 fully saturated rings. The first-order chi connectivity index (χ1) is 10.2. The lowest BCUT2D eigenvalue weighted by Gasteiger charge is -2.06. The number of benzene rings is 2. The SMILES string of the molecule is O=C(NCCSCc1ccc(Cl)c(Cl)c1)c1ccccc1. The highest BCUT2D eigenvalue weighted by Crippen LogP contribution is 2.24. The van der Waals surface area contributed by atoms with Crippen molar-refractivity contribution in [1.82, 2.24) is 5.32 Å². The quantitative estimate of drug-likeness (QED) is 0.775. The standard InChI is InChI=1S/C16H15Cl2NOS/c17-14-7-6-12(10-15(14)18)11-21-9-8-19-16(20)13-4-2-1-3-5-13/h1-7,10H,8-9,11H2,(H,19,20). The van der Waals surface area contributed by atoms with E-state index in [-0.39, 0.29) is 5.91 Å². The lowest BCUT2D eigenvalue weighted by atomic mass is 10.2. The zero-order valence-electron chi connectivity index (χ0n) is 11.3. The molecule has 0 atom stereocenters. The van der Waals surface area contributed by atoms with E-state index >= 15 is 0 Å². The van der Waals surface area contributed by atoms with Crippen LogP contribution in [0.5, 0.6) is 0 Å². The van der Waals surface area contributed by atoms with Crippen LogP contribution in [0.1, 0.15) is 15.9 Å². The largest absolute Gasteiger partial charge is 0.351 e. The number of amides is 1. The summed E-state index contributed by atoms with van der Waals surface area (Å²) in [7, 11) is 0. The normalized spacial score (nSPS) is 10.4. The van der Waals surface area contributed by atoms with Gasteiger partial charge >= 0.3 is 0 Å². The van der Waals surface area contributed by atoms with E-state index in [1.54, 1.807) is 30.0 Å². The summed E-state index contributed by atoms with van der Waals surface area (Å²) in [4.78, 5) is 11.8. The molecule has 21 heavy (non-hydrogen) atoms. The first-order valence-corrected chi connectivity index (χ1v) is 8.43. The fourth-order valence-electron chi connectivity index (χ4n) is 1.75. The summed E-state index contributed by atoms with van der Waals surface area (Å²) < 4.78 is 0. The first-order valence-electron chi connectivity index (χ1n) is 6.52. The lowest BCUT2D eigenvalue weighted by molar-refractivity contribution is 0.0956. The molecule has 0 heterocycles. The van der Waals surface area contributed by atoms with Gasteiger partial charge in [0, 0.05) is 23.6 Å². The molecule has 1 N–H and O–H groups in total. The minimum atomic E-state index is -0.0364. The molecule has 2 rings (SSSR count). The summed E-state index contributed by atoms with van der Waals surface area (Å²) in [5.41, 5.74) is 1.82. The maximum absolute atomic E-state index is 11.8. The molecular formula is C16H15Cl2NOS. The van der Waals surface area contributed by atoms with Crippen LogP contribution in [0.4, 0.5) is 0 Å². The molecule has 2 aromatic carbocycles. The van der Waals surface area contributed by atoms with Gasteiger partial charge in [-0.25, -0.2) is 0 Å². The summed E-state index contributed by atoms with van der Waals surface area (Å²) in [6, 6.07) is 14.8. The average molecular weight is 340 g/mol. The van der Waals surface area contributed by atoms with Crippen molar-refractivity contribution < 1.29 is 4.79 Å². The smallest absolute Gasteiger partial charge is 0.251 e. The summed E-state index contributed by atoms with van der Waals surface area (Å²) in [6.45, 7) is 0.639. The molecule has 110 valence electrons. The molecule has 2 nitrogen and oxygen atoms in total. The van der Waals surface area contributed by atoms with E-state index in [1.165, 1.54) is 0 Å². The van der Waals surface area contributed by atoms with Gasteiger partial charge in [-0.2, -0.15) is 11.8 Å². The fourth-order valence-corrected chi connectivity index (χ4v) is 2.87. The molecule has 0 saturated carbocycles. The number of carbonyl (C=O) groups excluding carboxylic acids is 1. The molecule has 0 aromatic heterocycles. The minimum absolute atomic E-state index is 0.0364. The molecule has 0 aliphatic carbocycles. The maximum Gasteiger partial charge on any atom is 0.251 e. The van der Waals surface area contributed by atoms with Crippen LogP contribution in [0.2, 0.25) is 10.0 Å². The van der Waals surface area contributed by atoms with Gasteiger partial charge in [-0.15, -0.1) is 0 Å². The van der Waals surface area contributed by atoms with Crippen molar-refractivity contribution in [2.45, 2.75) is 5.75 Å². The van der Waals surface area contributed by atoms with Gasteiger partial charge in [-0.1, -0.05) is 47.5 Å². The predicted octanol–water partition coefficient (Wildman–Crippen LogP) is 4.66. The van der Waals surface area contributed by atoms with Crippen LogP contribution in [0.15, 0.2) is 48.5 Å². The number of nitrogens with one attached hydrogen (secondary N) is 1. The van der Waals surface area contributed by atoms with Crippen LogP contribution >= 0.6 is 35.0 Å². The van der Waals surface area contributed by atoms with Gasteiger partial charge in [0.05, 0.1) is 10.0 Å². The third-order valence-electron chi connectivity index (χ3n) is 2.82. The molecule has 0 bridgehead atoms. The van der Waals surface area contributed by atoms with E-state index in [0.717, 1.165) is 17.1 Å². The first kappa shape index (κ1) is 16.2. The summed E-state index contributed by atoms with van der Waals surface area (Å²) in [5.74, 6) is 1.66. The predicted molar refractivity (Wildman–Crippen MR) is 91.4 cm³/mol. The number of halogens is 2. The molecule has 0 spiro atoms. The van der Waals surface area contributed by atoms with Crippen molar-refractivity contribution in [3.63, 3.8) is 0 Å². The van der Waals surface area contributed by atoms with Crippen LogP contribution in [0.25, 0.3) is 0 Å². The van der Waals surface area contributed by atoms with Gasteiger partial charge in [0.1, 0.15) is 0 Å².